The Balaban J connectivity index is 1.37. The number of amides is 3. The van der Waals surface area contributed by atoms with E-state index in [4.69, 9.17) is 23.2 Å². The van der Waals surface area contributed by atoms with Gasteiger partial charge in [-0.3, -0.25) is 19.8 Å². The highest BCUT2D eigenvalue weighted by Crippen LogP contribution is 2.27. The molecular formula is C31H23BrCl2N4O3. The first kappa shape index (κ1) is 28.4. The van der Waals surface area contributed by atoms with Crippen LogP contribution in [-0.2, 0) is 9.59 Å². The van der Waals surface area contributed by atoms with Crippen LogP contribution in [-0.4, -0.2) is 28.9 Å². The molecule has 0 spiro atoms. The Bertz CT molecular complexity index is 1700. The van der Waals surface area contributed by atoms with E-state index in [0.717, 1.165) is 15.6 Å². The van der Waals surface area contributed by atoms with Crippen molar-refractivity contribution in [1.82, 2.24) is 9.99 Å². The molecule has 41 heavy (non-hydrogen) atoms. The summed E-state index contributed by atoms with van der Waals surface area (Å²) in [4.78, 5) is 39.4. The van der Waals surface area contributed by atoms with Crippen LogP contribution in [0.5, 0.6) is 0 Å². The van der Waals surface area contributed by atoms with Crippen LogP contribution in [0.15, 0.2) is 108 Å². The SMILES string of the molecule is O=C(NCC(c1ccccc1)c1ccccc1)C(=O)Nn1c(C(=O)Nc2ccc(Cl)c(Cl)c2)cc2cc(Br)ccc21. The van der Waals surface area contributed by atoms with Crippen LogP contribution in [0.1, 0.15) is 27.5 Å². The Morgan fingerprint density at radius 2 is 1.41 bits per heavy atom. The van der Waals surface area contributed by atoms with Crippen LogP contribution in [0.2, 0.25) is 10.0 Å². The summed E-state index contributed by atoms with van der Waals surface area (Å²) in [5.41, 5.74) is 5.64. The molecule has 0 saturated heterocycles. The molecule has 10 heteroatoms. The second kappa shape index (κ2) is 12.6. The molecule has 4 aromatic carbocycles. The van der Waals surface area contributed by atoms with Crippen molar-refractivity contribution in [3.8, 4) is 0 Å². The molecule has 0 aliphatic heterocycles. The number of rotatable bonds is 7. The lowest BCUT2D eigenvalue weighted by atomic mass is 9.91. The quantitative estimate of drug-likeness (QED) is 0.166. The lowest BCUT2D eigenvalue weighted by molar-refractivity contribution is -0.136. The number of nitrogens with zero attached hydrogens (tertiary/aromatic N) is 1. The van der Waals surface area contributed by atoms with Crippen LogP contribution in [0, 0.1) is 0 Å². The first-order chi connectivity index (χ1) is 19.8. The van der Waals surface area contributed by atoms with Crippen molar-refractivity contribution in [3.63, 3.8) is 0 Å². The molecule has 7 nitrogen and oxygen atoms in total. The van der Waals surface area contributed by atoms with Gasteiger partial charge in [0.25, 0.3) is 5.91 Å². The molecule has 0 aliphatic carbocycles. The van der Waals surface area contributed by atoms with Crippen molar-refractivity contribution < 1.29 is 14.4 Å². The first-order valence-corrected chi connectivity index (χ1v) is 14.1. The van der Waals surface area contributed by atoms with Gasteiger partial charge in [0.1, 0.15) is 5.69 Å². The molecule has 1 aromatic heterocycles. The molecule has 0 unspecified atom stereocenters. The summed E-state index contributed by atoms with van der Waals surface area (Å²) in [7, 11) is 0. The maximum atomic E-state index is 13.3. The third-order valence-electron chi connectivity index (χ3n) is 6.46. The summed E-state index contributed by atoms with van der Waals surface area (Å²) in [6.45, 7) is 0.199. The lowest BCUT2D eigenvalue weighted by Crippen LogP contribution is -2.41. The van der Waals surface area contributed by atoms with Gasteiger partial charge in [0.15, 0.2) is 0 Å². The molecule has 3 N–H and O–H groups in total. The minimum Gasteiger partial charge on any atom is -0.347 e. The minimum absolute atomic E-state index is 0.108. The number of hydrogen-bond donors (Lipinski definition) is 3. The van der Waals surface area contributed by atoms with Gasteiger partial charge in [-0.15, -0.1) is 0 Å². The van der Waals surface area contributed by atoms with Crippen molar-refractivity contribution in [1.29, 1.82) is 0 Å². The predicted octanol–water partition coefficient (Wildman–Crippen LogP) is 6.98. The maximum Gasteiger partial charge on any atom is 0.328 e. The van der Waals surface area contributed by atoms with Gasteiger partial charge in [0.2, 0.25) is 0 Å². The number of halogens is 3. The monoisotopic (exact) mass is 648 g/mol. The Hall–Kier alpha value is -4.11. The van der Waals surface area contributed by atoms with Crippen molar-refractivity contribution in [2.24, 2.45) is 0 Å². The number of fused-ring (bicyclic) bond motifs is 1. The average Bonchev–Trinajstić information content (AvgIpc) is 3.33. The molecule has 0 fully saturated rings. The number of nitrogens with one attached hydrogen (secondary N) is 3. The number of carbonyl (C=O) groups is 3. The standard InChI is InChI=1S/C31H23BrCl2N4O3/c32-22-11-14-27-21(15-22)16-28(29(39)36-23-12-13-25(33)26(34)17-23)38(27)37-31(41)30(40)35-18-24(19-7-3-1-4-8-19)20-9-5-2-6-10-20/h1-17,24H,18H2,(H,35,40)(H,36,39)(H,37,41). The van der Waals surface area contributed by atoms with Gasteiger partial charge in [0, 0.05) is 28.0 Å². The summed E-state index contributed by atoms with van der Waals surface area (Å²) in [6.07, 6.45) is 0. The highest BCUT2D eigenvalue weighted by Gasteiger charge is 2.23. The number of anilines is 1. The third-order valence-corrected chi connectivity index (χ3v) is 7.70. The van der Waals surface area contributed by atoms with E-state index in [1.807, 2.05) is 60.7 Å². The van der Waals surface area contributed by atoms with Crippen molar-refractivity contribution in [2.75, 3.05) is 17.3 Å². The smallest absolute Gasteiger partial charge is 0.328 e. The number of carbonyl (C=O) groups excluding carboxylic acids is 3. The number of aromatic nitrogens is 1. The summed E-state index contributed by atoms with van der Waals surface area (Å²) < 4.78 is 2.08. The van der Waals surface area contributed by atoms with Gasteiger partial charge in [0.05, 0.1) is 15.6 Å². The second-order valence-corrected chi connectivity index (χ2v) is 10.9. The van der Waals surface area contributed by atoms with Crippen molar-refractivity contribution in [3.05, 3.63) is 134 Å². The molecule has 0 bridgehead atoms. The minimum atomic E-state index is -0.922. The van der Waals surface area contributed by atoms with E-state index in [1.54, 1.807) is 36.4 Å². The topological polar surface area (TPSA) is 92.2 Å². The Morgan fingerprint density at radius 1 is 0.756 bits per heavy atom. The van der Waals surface area contributed by atoms with Crippen LogP contribution < -0.4 is 16.1 Å². The van der Waals surface area contributed by atoms with Crippen LogP contribution in [0.3, 0.4) is 0 Å². The fourth-order valence-corrected chi connectivity index (χ4v) is 5.15. The Morgan fingerprint density at radius 3 is 2.05 bits per heavy atom. The Labute approximate surface area is 254 Å². The fraction of sp³-hybridized carbons (Fsp3) is 0.0645. The second-order valence-electron chi connectivity index (χ2n) is 9.18. The summed E-state index contributed by atoms with van der Waals surface area (Å²) in [5.74, 6) is -2.44. The van der Waals surface area contributed by atoms with Crippen LogP contribution >= 0.6 is 39.1 Å². The van der Waals surface area contributed by atoms with Gasteiger partial charge >= 0.3 is 11.8 Å². The van der Waals surface area contributed by atoms with E-state index in [2.05, 4.69) is 32.0 Å². The van der Waals surface area contributed by atoms with Gasteiger partial charge in [-0.1, -0.05) is 99.8 Å². The van der Waals surface area contributed by atoms with Crippen LogP contribution in [0.25, 0.3) is 10.9 Å². The molecule has 1 heterocycles. The maximum absolute atomic E-state index is 13.3. The molecule has 0 atom stereocenters. The summed E-state index contributed by atoms with van der Waals surface area (Å²) in [6, 6.07) is 31.1. The van der Waals surface area contributed by atoms with Crippen molar-refractivity contribution in [2.45, 2.75) is 5.92 Å². The third kappa shape index (κ3) is 6.62. The van der Waals surface area contributed by atoms with E-state index < -0.39 is 17.7 Å². The zero-order chi connectivity index (χ0) is 28.9. The van der Waals surface area contributed by atoms with Crippen molar-refractivity contribution >= 4 is 73.4 Å². The highest BCUT2D eigenvalue weighted by molar-refractivity contribution is 9.10. The van der Waals surface area contributed by atoms with E-state index in [0.29, 0.717) is 21.6 Å². The zero-order valence-corrected chi connectivity index (χ0v) is 24.5. The summed E-state index contributed by atoms with van der Waals surface area (Å²) >= 11 is 15.5. The first-order valence-electron chi connectivity index (χ1n) is 12.6. The van der Waals surface area contributed by atoms with E-state index in [-0.39, 0.29) is 23.2 Å². The fourth-order valence-electron chi connectivity index (χ4n) is 4.47. The van der Waals surface area contributed by atoms with Gasteiger partial charge in [-0.05, 0) is 53.6 Å². The van der Waals surface area contributed by atoms with E-state index in [9.17, 15) is 14.4 Å². The normalized spacial score (nSPS) is 10.9. The number of hydrogen-bond acceptors (Lipinski definition) is 3. The molecule has 0 saturated carbocycles. The average molecular weight is 650 g/mol. The molecule has 0 aliphatic rings. The van der Waals surface area contributed by atoms with E-state index in [1.165, 1.54) is 10.7 Å². The number of benzene rings is 4. The van der Waals surface area contributed by atoms with Gasteiger partial charge < -0.3 is 10.6 Å². The molecule has 3 amide bonds. The Kier molecular flexibility index (Phi) is 8.73. The highest BCUT2D eigenvalue weighted by atomic mass is 79.9. The zero-order valence-electron chi connectivity index (χ0n) is 21.4. The molecule has 5 rings (SSSR count). The lowest BCUT2D eigenvalue weighted by Gasteiger charge is -2.19. The van der Waals surface area contributed by atoms with Crippen LogP contribution in [0.4, 0.5) is 5.69 Å². The molecular weight excluding hydrogens is 627 g/mol. The summed E-state index contributed by atoms with van der Waals surface area (Å²) in [5, 5.41) is 6.81. The molecule has 0 radical (unpaired) electrons. The largest absolute Gasteiger partial charge is 0.347 e. The molecule has 206 valence electrons. The van der Waals surface area contributed by atoms with E-state index >= 15 is 0 Å². The van der Waals surface area contributed by atoms with Gasteiger partial charge in [-0.25, -0.2) is 4.68 Å². The predicted molar refractivity (Wildman–Crippen MR) is 166 cm³/mol. The molecule has 5 aromatic rings. The van der Waals surface area contributed by atoms with Gasteiger partial charge in [-0.2, -0.15) is 0 Å².